The lowest BCUT2D eigenvalue weighted by atomic mass is 9.68. The van der Waals surface area contributed by atoms with Crippen molar-refractivity contribution in [3.05, 3.63) is 28.6 Å². The number of hydrogen-bond donors (Lipinski definition) is 1. The minimum absolute atomic E-state index is 0.189. The van der Waals surface area contributed by atoms with Crippen LogP contribution in [0.25, 0.3) is 0 Å². The Morgan fingerprint density at radius 1 is 1.07 bits per heavy atom. The van der Waals surface area contributed by atoms with Crippen molar-refractivity contribution in [1.29, 1.82) is 0 Å². The minimum atomic E-state index is 0.189. The number of hydrogen-bond acceptors (Lipinski definition) is 3. The van der Waals surface area contributed by atoms with E-state index in [-0.39, 0.29) is 5.91 Å². The number of aromatic nitrogens is 2. The maximum Gasteiger partial charge on any atom is 0.275 e. The second kappa shape index (κ2) is 6.72. The lowest BCUT2D eigenvalue weighted by molar-refractivity contribution is 0.00128. The fourth-order valence-corrected chi connectivity index (χ4v) is 7.00. The van der Waals surface area contributed by atoms with Crippen LogP contribution in [0.3, 0.4) is 0 Å². The maximum absolute atomic E-state index is 13.6. The fourth-order valence-electron chi connectivity index (χ4n) is 7.00. The standard InChI is InChI=1S/C23H32N4O/c28-23(21-18-7-1-2-8-19(18)24-25-21)27-11-5-6-15-12-16-13-17(22(15)27)14-26-10-4-3-9-20(16)26/h12,16-17,20,22H,1-11,13-14H2,(H,24,25)/t16-,17+,20+,22-/m0/s1. The molecule has 150 valence electrons. The molecule has 2 bridgehead atoms. The normalized spacial score (nSPS) is 34.9. The molecule has 0 radical (unpaired) electrons. The molecule has 0 aromatic carbocycles. The molecule has 3 saturated heterocycles. The molecule has 3 fully saturated rings. The Morgan fingerprint density at radius 2 is 2.00 bits per heavy atom. The zero-order chi connectivity index (χ0) is 18.7. The van der Waals surface area contributed by atoms with Crippen molar-refractivity contribution >= 4 is 5.91 Å². The molecule has 1 amide bonds. The van der Waals surface area contributed by atoms with Gasteiger partial charge in [-0.2, -0.15) is 5.10 Å². The molecule has 5 heteroatoms. The van der Waals surface area contributed by atoms with Gasteiger partial charge in [0.1, 0.15) is 0 Å². The van der Waals surface area contributed by atoms with E-state index in [2.05, 4.69) is 26.1 Å². The van der Waals surface area contributed by atoms with Gasteiger partial charge in [0.05, 0.1) is 6.04 Å². The number of nitrogens with zero attached hydrogens (tertiary/aromatic N) is 3. The van der Waals surface area contributed by atoms with Crippen molar-refractivity contribution in [3.63, 3.8) is 0 Å². The van der Waals surface area contributed by atoms with Crippen LogP contribution in [0.1, 0.15) is 73.1 Å². The lowest BCUT2D eigenvalue weighted by Gasteiger charge is -2.54. The van der Waals surface area contributed by atoms with Gasteiger partial charge in [-0.1, -0.05) is 18.1 Å². The first-order chi connectivity index (χ1) is 13.8. The highest BCUT2D eigenvalue weighted by Gasteiger charge is 2.47. The fraction of sp³-hybridized carbons (Fsp3) is 0.739. The average Bonchev–Trinajstić information content (AvgIpc) is 3.17. The average molecular weight is 381 g/mol. The summed E-state index contributed by atoms with van der Waals surface area (Å²) in [6.07, 6.45) is 14.7. The monoisotopic (exact) mass is 380 g/mol. The van der Waals surface area contributed by atoms with Gasteiger partial charge >= 0.3 is 0 Å². The third-order valence-electron chi connectivity index (χ3n) is 8.18. The zero-order valence-corrected chi connectivity index (χ0v) is 16.8. The SMILES string of the molecule is O=C(c1n[nH]c2c1CCCC2)N1CCCC2=C[C@H]3C[C@H](CN4CCCC[C@H]34)[C@H]21. The summed E-state index contributed by atoms with van der Waals surface area (Å²) in [5.41, 5.74) is 4.71. The number of carbonyl (C=O) groups excluding carboxylic acids is 1. The van der Waals surface area contributed by atoms with E-state index in [1.54, 1.807) is 5.57 Å². The van der Waals surface area contributed by atoms with Crippen LogP contribution in [0.5, 0.6) is 0 Å². The Morgan fingerprint density at radius 3 is 2.96 bits per heavy atom. The van der Waals surface area contributed by atoms with E-state index in [4.69, 9.17) is 0 Å². The molecule has 2 aliphatic carbocycles. The molecule has 1 aromatic rings. The first kappa shape index (κ1) is 17.3. The van der Waals surface area contributed by atoms with E-state index < -0.39 is 0 Å². The first-order valence-corrected chi connectivity index (χ1v) is 11.6. The summed E-state index contributed by atoms with van der Waals surface area (Å²) < 4.78 is 0. The number of fused-ring (bicyclic) bond motifs is 7. The second-order valence-electron chi connectivity index (χ2n) is 9.74. The quantitative estimate of drug-likeness (QED) is 0.761. The van der Waals surface area contributed by atoms with Gasteiger partial charge in [-0.25, -0.2) is 0 Å². The van der Waals surface area contributed by atoms with Gasteiger partial charge in [-0.05, 0) is 76.2 Å². The summed E-state index contributed by atoms with van der Waals surface area (Å²) in [4.78, 5) is 18.6. The van der Waals surface area contributed by atoms with E-state index >= 15 is 0 Å². The van der Waals surface area contributed by atoms with Crippen molar-refractivity contribution in [2.75, 3.05) is 19.6 Å². The third kappa shape index (κ3) is 2.62. The van der Waals surface area contributed by atoms with Crippen LogP contribution >= 0.6 is 0 Å². The molecule has 4 heterocycles. The van der Waals surface area contributed by atoms with Crippen LogP contribution in [0.4, 0.5) is 0 Å². The number of nitrogens with one attached hydrogen (secondary N) is 1. The van der Waals surface area contributed by atoms with Crippen molar-refractivity contribution < 1.29 is 4.79 Å². The molecule has 4 atom stereocenters. The van der Waals surface area contributed by atoms with E-state index in [1.165, 1.54) is 69.3 Å². The molecule has 0 unspecified atom stereocenters. The van der Waals surface area contributed by atoms with Gasteiger partial charge in [-0.3, -0.25) is 14.8 Å². The van der Waals surface area contributed by atoms with Crippen LogP contribution < -0.4 is 0 Å². The third-order valence-corrected chi connectivity index (χ3v) is 8.18. The number of aryl methyl sites for hydroxylation is 1. The van der Waals surface area contributed by atoms with Crippen LogP contribution in [0, 0.1) is 11.8 Å². The van der Waals surface area contributed by atoms with Gasteiger partial charge in [0.2, 0.25) is 0 Å². The highest BCUT2D eigenvalue weighted by Crippen LogP contribution is 2.45. The van der Waals surface area contributed by atoms with Gasteiger partial charge in [0.15, 0.2) is 5.69 Å². The number of rotatable bonds is 1. The number of piperidine rings is 3. The number of amides is 1. The second-order valence-corrected chi connectivity index (χ2v) is 9.74. The highest BCUT2D eigenvalue weighted by molar-refractivity contribution is 5.94. The van der Waals surface area contributed by atoms with Crippen molar-refractivity contribution in [1.82, 2.24) is 20.0 Å². The van der Waals surface area contributed by atoms with Crippen molar-refractivity contribution in [2.45, 2.75) is 76.3 Å². The number of H-pyrrole nitrogens is 1. The first-order valence-electron chi connectivity index (χ1n) is 11.6. The van der Waals surface area contributed by atoms with Crippen LogP contribution in [0.15, 0.2) is 11.6 Å². The van der Waals surface area contributed by atoms with Crippen LogP contribution in [0.2, 0.25) is 0 Å². The Balaban J connectivity index is 1.32. The maximum atomic E-state index is 13.6. The molecule has 0 spiro atoms. The Kier molecular flexibility index (Phi) is 4.14. The predicted octanol–water partition coefficient (Wildman–Crippen LogP) is 3.32. The Hall–Kier alpha value is -1.62. The van der Waals surface area contributed by atoms with E-state index in [1.807, 2.05) is 0 Å². The molecule has 1 aromatic heterocycles. The molecular weight excluding hydrogens is 348 g/mol. The van der Waals surface area contributed by atoms with Gasteiger partial charge in [0.25, 0.3) is 5.91 Å². The topological polar surface area (TPSA) is 52.2 Å². The van der Waals surface area contributed by atoms with Crippen molar-refractivity contribution in [2.24, 2.45) is 11.8 Å². The number of aromatic amines is 1. The largest absolute Gasteiger partial charge is 0.330 e. The summed E-state index contributed by atoms with van der Waals surface area (Å²) in [5.74, 6) is 1.52. The van der Waals surface area contributed by atoms with Crippen LogP contribution in [-0.4, -0.2) is 57.6 Å². The van der Waals surface area contributed by atoms with E-state index in [0.29, 0.717) is 12.0 Å². The zero-order valence-electron chi connectivity index (χ0n) is 16.8. The number of likely N-dealkylation sites (tertiary alicyclic amines) is 1. The Bertz CT molecular complexity index is 812. The molecule has 3 aliphatic heterocycles. The summed E-state index contributed by atoms with van der Waals surface area (Å²) in [6, 6.07) is 1.08. The summed E-state index contributed by atoms with van der Waals surface area (Å²) in [6.45, 7) is 3.34. The lowest BCUT2D eigenvalue weighted by Crippen LogP contribution is -2.60. The summed E-state index contributed by atoms with van der Waals surface area (Å²) in [7, 11) is 0. The van der Waals surface area contributed by atoms with Gasteiger partial charge < -0.3 is 4.90 Å². The van der Waals surface area contributed by atoms with Crippen molar-refractivity contribution in [3.8, 4) is 0 Å². The molecule has 5 aliphatic rings. The minimum Gasteiger partial charge on any atom is -0.330 e. The summed E-state index contributed by atoms with van der Waals surface area (Å²) >= 11 is 0. The van der Waals surface area contributed by atoms with E-state index in [9.17, 15) is 4.79 Å². The predicted molar refractivity (Wildman–Crippen MR) is 108 cm³/mol. The van der Waals surface area contributed by atoms with E-state index in [0.717, 1.165) is 43.5 Å². The molecular formula is C23H32N4O. The smallest absolute Gasteiger partial charge is 0.275 e. The molecule has 1 N–H and O–H groups in total. The summed E-state index contributed by atoms with van der Waals surface area (Å²) in [5, 5.41) is 7.69. The molecule has 5 nitrogen and oxygen atoms in total. The number of carbonyl (C=O) groups is 1. The van der Waals surface area contributed by atoms with Crippen LogP contribution in [-0.2, 0) is 12.8 Å². The highest BCUT2D eigenvalue weighted by atomic mass is 16.2. The molecule has 0 saturated carbocycles. The Labute approximate surface area is 167 Å². The molecule has 28 heavy (non-hydrogen) atoms. The van der Waals surface area contributed by atoms with Gasteiger partial charge in [-0.15, -0.1) is 0 Å². The van der Waals surface area contributed by atoms with Gasteiger partial charge in [0, 0.05) is 30.4 Å². The molecule has 6 rings (SSSR count).